The number of nitrogens with zero attached hydrogens (tertiary/aromatic N) is 2. The molecule has 4 heteroatoms. The summed E-state index contributed by atoms with van der Waals surface area (Å²) in [4.78, 5) is 4.94. The van der Waals surface area contributed by atoms with Crippen LogP contribution in [0.4, 0.5) is 0 Å². The number of phenolic OH excluding ortho intramolecular Hbond substituents is 1. The van der Waals surface area contributed by atoms with Crippen LogP contribution in [0.3, 0.4) is 0 Å². The summed E-state index contributed by atoms with van der Waals surface area (Å²) in [6.07, 6.45) is 0.0374. The third-order valence-corrected chi connectivity index (χ3v) is 4.91. The molecule has 2 aromatic rings. The van der Waals surface area contributed by atoms with Gasteiger partial charge in [0, 0.05) is 32.2 Å². The van der Waals surface area contributed by atoms with Crippen molar-refractivity contribution in [1.29, 1.82) is 0 Å². The Morgan fingerprint density at radius 3 is 2.48 bits per heavy atom. The number of hydrogen-bond donors (Lipinski definition) is 1. The van der Waals surface area contributed by atoms with Gasteiger partial charge >= 0.3 is 0 Å². The molecular formula is C19H22N2O2. The summed E-state index contributed by atoms with van der Waals surface area (Å²) < 4.78 is 6.25. The molecule has 1 saturated heterocycles. The lowest BCUT2D eigenvalue weighted by atomic mass is 9.89. The Balaban J connectivity index is 1.65. The second-order valence-corrected chi connectivity index (χ2v) is 6.50. The molecule has 1 fully saturated rings. The summed E-state index contributed by atoms with van der Waals surface area (Å²) in [7, 11) is 2.19. The van der Waals surface area contributed by atoms with E-state index in [9.17, 15) is 5.11 Å². The van der Waals surface area contributed by atoms with Crippen molar-refractivity contribution in [1.82, 2.24) is 9.80 Å². The van der Waals surface area contributed by atoms with Crippen molar-refractivity contribution in [3.63, 3.8) is 0 Å². The van der Waals surface area contributed by atoms with Crippen LogP contribution < -0.4 is 4.74 Å². The topological polar surface area (TPSA) is 35.9 Å². The zero-order valence-electron chi connectivity index (χ0n) is 13.4. The second-order valence-electron chi connectivity index (χ2n) is 6.50. The maximum absolute atomic E-state index is 9.43. The van der Waals surface area contributed by atoms with Crippen LogP contribution in [0.15, 0.2) is 48.5 Å². The van der Waals surface area contributed by atoms with E-state index in [1.165, 1.54) is 11.1 Å². The molecule has 2 aromatic carbocycles. The Kier molecular flexibility index (Phi) is 3.71. The second kappa shape index (κ2) is 5.87. The van der Waals surface area contributed by atoms with Gasteiger partial charge in [0.25, 0.3) is 0 Å². The molecule has 0 bridgehead atoms. The SMILES string of the molecule is CN1CCN2C[C@H](Oc3ccc(O)cc3)c3ccccc3[C@H]2C1. The molecule has 2 aliphatic heterocycles. The zero-order chi connectivity index (χ0) is 15.8. The number of rotatable bonds is 2. The molecule has 1 N–H and O–H groups in total. The number of piperazine rings is 1. The molecule has 0 radical (unpaired) electrons. The van der Waals surface area contributed by atoms with Crippen molar-refractivity contribution < 1.29 is 9.84 Å². The van der Waals surface area contributed by atoms with Crippen LogP contribution in [-0.2, 0) is 0 Å². The number of phenols is 1. The van der Waals surface area contributed by atoms with E-state index < -0.39 is 0 Å². The van der Waals surface area contributed by atoms with Crippen molar-refractivity contribution in [2.75, 3.05) is 33.2 Å². The van der Waals surface area contributed by atoms with Gasteiger partial charge in [0.15, 0.2) is 0 Å². The van der Waals surface area contributed by atoms with E-state index in [1.807, 2.05) is 12.1 Å². The van der Waals surface area contributed by atoms with E-state index in [0.717, 1.165) is 31.9 Å². The van der Waals surface area contributed by atoms with Gasteiger partial charge in [-0.25, -0.2) is 0 Å². The smallest absolute Gasteiger partial charge is 0.137 e. The Morgan fingerprint density at radius 2 is 1.70 bits per heavy atom. The monoisotopic (exact) mass is 310 g/mol. The molecule has 4 nitrogen and oxygen atoms in total. The van der Waals surface area contributed by atoms with Gasteiger partial charge in [-0.05, 0) is 42.4 Å². The fourth-order valence-electron chi connectivity index (χ4n) is 3.68. The average molecular weight is 310 g/mol. The standard InChI is InChI=1S/C19H22N2O2/c1-20-10-11-21-13-19(23-15-8-6-14(22)7-9-15)17-5-3-2-4-16(17)18(21)12-20/h2-9,18-19,22H,10-13H2,1H3/t18-,19+/m1/s1. The maximum atomic E-state index is 9.43. The van der Waals surface area contributed by atoms with Crippen LogP contribution in [0.2, 0.25) is 0 Å². The molecule has 0 saturated carbocycles. The molecule has 120 valence electrons. The van der Waals surface area contributed by atoms with E-state index in [-0.39, 0.29) is 11.9 Å². The van der Waals surface area contributed by atoms with Gasteiger partial charge in [-0.3, -0.25) is 4.90 Å². The van der Waals surface area contributed by atoms with E-state index >= 15 is 0 Å². The Labute approximate surface area is 136 Å². The summed E-state index contributed by atoms with van der Waals surface area (Å²) in [6, 6.07) is 16.1. The van der Waals surface area contributed by atoms with Gasteiger partial charge in [0.1, 0.15) is 17.6 Å². The van der Waals surface area contributed by atoms with Crippen LogP contribution in [0.1, 0.15) is 23.3 Å². The van der Waals surface area contributed by atoms with Gasteiger partial charge < -0.3 is 14.7 Å². The minimum absolute atomic E-state index is 0.0374. The van der Waals surface area contributed by atoms with Gasteiger partial charge in [-0.15, -0.1) is 0 Å². The minimum atomic E-state index is 0.0374. The highest BCUT2D eigenvalue weighted by Crippen LogP contribution is 2.38. The summed E-state index contributed by atoms with van der Waals surface area (Å²) in [5, 5.41) is 9.43. The normalized spacial score (nSPS) is 24.7. The zero-order valence-corrected chi connectivity index (χ0v) is 13.4. The Hall–Kier alpha value is -2.04. The Bertz CT molecular complexity index is 686. The number of ether oxygens (including phenoxy) is 1. The van der Waals surface area contributed by atoms with Crippen LogP contribution in [-0.4, -0.2) is 48.1 Å². The Morgan fingerprint density at radius 1 is 0.957 bits per heavy atom. The molecule has 23 heavy (non-hydrogen) atoms. The molecule has 4 rings (SSSR count). The van der Waals surface area contributed by atoms with Crippen LogP contribution in [0, 0.1) is 0 Å². The van der Waals surface area contributed by atoms with E-state index in [0.29, 0.717) is 6.04 Å². The average Bonchev–Trinajstić information content (AvgIpc) is 2.58. The van der Waals surface area contributed by atoms with Gasteiger partial charge in [-0.1, -0.05) is 24.3 Å². The van der Waals surface area contributed by atoms with Crippen LogP contribution in [0.25, 0.3) is 0 Å². The van der Waals surface area contributed by atoms with Crippen LogP contribution in [0.5, 0.6) is 11.5 Å². The molecule has 0 aliphatic carbocycles. The fourth-order valence-corrected chi connectivity index (χ4v) is 3.68. The molecule has 0 spiro atoms. The first kappa shape index (κ1) is 14.5. The molecular weight excluding hydrogens is 288 g/mol. The number of fused-ring (bicyclic) bond motifs is 3. The van der Waals surface area contributed by atoms with E-state index in [1.54, 1.807) is 12.1 Å². The lowest BCUT2D eigenvalue weighted by Crippen LogP contribution is -2.51. The lowest BCUT2D eigenvalue weighted by Gasteiger charge is -2.46. The van der Waals surface area contributed by atoms with Gasteiger partial charge in [0.2, 0.25) is 0 Å². The quantitative estimate of drug-likeness (QED) is 0.925. The highest BCUT2D eigenvalue weighted by molar-refractivity contribution is 5.37. The van der Waals surface area contributed by atoms with Crippen molar-refractivity contribution >= 4 is 0 Å². The molecule has 0 unspecified atom stereocenters. The van der Waals surface area contributed by atoms with E-state index in [2.05, 4.69) is 41.1 Å². The summed E-state index contributed by atoms with van der Waals surface area (Å²) in [5.41, 5.74) is 2.67. The fraction of sp³-hybridized carbons (Fsp3) is 0.368. The van der Waals surface area contributed by atoms with Gasteiger partial charge in [0.05, 0.1) is 0 Å². The van der Waals surface area contributed by atoms with Crippen molar-refractivity contribution in [3.05, 3.63) is 59.7 Å². The number of aromatic hydroxyl groups is 1. The first-order chi connectivity index (χ1) is 11.2. The van der Waals surface area contributed by atoms with E-state index in [4.69, 9.17) is 4.74 Å². The number of likely N-dealkylation sites (N-methyl/N-ethyl adjacent to an activating group) is 1. The van der Waals surface area contributed by atoms with Crippen molar-refractivity contribution in [2.45, 2.75) is 12.1 Å². The lowest BCUT2D eigenvalue weighted by molar-refractivity contribution is 0.0322. The predicted molar refractivity (Wildman–Crippen MR) is 89.7 cm³/mol. The summed E-state index contributed by atoms with van der Waals surface area (Å²) in [6.45, 7) is 4.16. The van der Waals surface area contributed by atoms with Crippen LogP contribution >= 0.6 is 0 Å². The first-order valence-corrected chi connectivity index (χ1v) is 8.18. The third kappa shape index (κ3) is 2.80. The number of hydrogen-bond acceptors (Lipinski definition) is 4. The third-order valence-electron chi connectivity index (χ3n) is 4.91. The molecule has 2 aliphatic rings. The molecule has 0 amide bonds. The summed E-state index contributed by atoms with van der Waals surface area (Å²) >= 11 is 0. The maximum Gasteiger partial charge on any atom is 0.137 e. The molecule has 0 aromatic heterocycles. The van der Waals surface area contributed by atoms with Gasteiger partial charge in [-0.2, -0.15) is 0 Å². The predicted octanol–water partition coefficient (Wildman–Crippen LogP) is 2.81. The molecule has 2 atom stereocenters. The number of benzene rings is 2. The van der Waals surface area contributed by atoms with Crippen molar-refractivity contribution in [2.24, 2.45) is 0 Å². The van der Waals surface area contributed by atoms with Crippen molar-refractivity contribution in [3.8, 4) is 11.5 Å². The first-order valence-electron chi connectivity index (χ1n) is 8.18. The minimum Gasteiger partial charge on any atom is -0.508 e. The summed E-state index contributed by atoms with van der Waals surface area (Å²) in [5.74, 6) is 1.07. The highest BCUT2D eigenvalue weighted by atomic mass is 16.5. The highest BCUT2D eigenvalue weighted by Gasteiger charge is 2.36. The largest absolute Gasteiger partial charge is 0.508 e. The molecule has 2 heterocycles.